The maximum Gasteiger partial charge on any atom is 0.0621 e. The van der Waals surface area contributed by atoms with Gasteiger partial charge in [-0.25, -0.2) is 0 Å². The highest BCUT2D eigenvalue weighted by Gasteiger charge is 2.28. The highest BCUT2D eigenvalue weighted by atomic mass is 79.9. The van der Waals surface area contributed by atoms with E-state index in [0.29, 0.717) is 6.04 Å². The van der Waals surface area contributed by atoms with Crippen LogP contribution in [0.5, 0.6) is 0 Å². The maximum absolute atomic E-state index is 9.89. The number of halogens is 1. The molecule has 0 radical (unpaired) electrons. The molecule has 0 aromatic heterocycles. The van der Waals surface area contributed by atoms with Gasteiger partial charge in [0.05, 0.1) is 17.0 Å². The van der Waals surface area contributed by atoms with Crippen molar-refractivity contribution in [3.8, 4) is 0 Å². The van der Waals surface area contributed by atoms with Crippen LogP contribution in [0.2, 0.25) is 0 Å². The van der Waals surface area contributed by atoms with E-state index in [1.54, 1.807) is 0 Å². The molecule has 0 unspecified atom stereocenters. The van der Waals surface area contributed by atoms with Gasteiger partial charge in [0, 0.05) is 10.5 Å². The Bertz CT molecular complexity index is 396. The first kappa shape index (κ1) is 12.7. The molecule has 0 aliphatic heterocycles. The van der Waals surface area contributed by atoms with E-state index in [4.69, 9.17) is 5.73 Å². The van der Waals surface area contributed by atoms with Crippen LogP contribution < -0.4 is 11.1 Å². The van der Waals surface area contributed by atoms with Crippen LogP contribution in [0, 0.1) is 0 Å². The van der Waals surface area contributed by atoms with E-state index < -0.39 is 5.60 Å². The van der Waals surface area contributed by atoms with Gasteiger partial charge in [-0.05, 0) is 50.8 Å². The van der Waals surface area contributed by atoms with Gasteiger partial charge in [0.1, 0.15) is 0 Å². The molecule has 94 valence electrons. The predicted octanol–water partition coefficient (Wildman–Crippen LogP) is 3.14. The molecule has 4 N–H and O–H groups in total. The van der Waals surface area contributed by atoms with Crippen molar-refractivity contribution in [2.45, 2.75) is 44.2 Å². The SMILES string of the molecule is CC1(O)CCC(Nc2ccc(Br)cc2N)CC1. The van der Waals surface area contributed by atoms with Crippen molar-refractivity contribution < 1.29 is 5.11 Å². The molecule has 1 saturated carbocycles. The van der Waals surface area contributed by atoms with Crippen LogP contribution in [0.25, 0.3) is 0 Å². The molecule has 0 amide bonds. The summed E-state index contributed by atoms with van der Waals surface area (Å²) >= 11 is 3.40. The summed E-state index contributed by atoms with van der Waals surface area (Å²) in [6.07, 6.45) is 3.67. The van der Waals surface area contributed by atoms with Crippen molar-refractivity contribution in [1.29, 1.82) is 0 Å². The first-order chi connectivity index (χ1) is 7.96. The van der Waals surface area contributed by atoms with Gasteiger partial charge in [0.25, 0.3) is 0 Å². The molecule has 1 aliphatic carbocycles. The molecule has 1 aromatic carbocycles. The van der Waals surface area contributed by atoms with E-state index in [0.717, 1.165) is 41.5 Å². The topological polar surface area (TPSA) is 58.3 Å². The van der Waals surface area contributed by atoms with E-state index in [1.165, 1.54) is 0 Å². The summed E-state index contributed by atoms with van der Waals surface area (Å²) in [5.41, 5.74) is 7.21. The Kier molecular flexibility index (Phi) is 3.64. The number of rotatable bonds is 2. The maximum atomic E-state index is 9.89. The minimum Gasteiger partial charge on any atom is -0.397 e. The average Bonchev–Trinajstić information content (AvgIpc) is 2.25. The van der Waals surface area contributed by atoms with Crippen molar-refractivity contribution >= 4 is 27.3 Å². The normalized spacial score (nSPS) is 29.0. The minimum absolute atomic E-state index is 0.415. The van der Waals surface area contributed by atoms with Crippen molar-refractivity contribution in [1.82, 2.24) is 0 Å². The van der Waals surface area contributed by atoms with E-state index >= 15 is 0 Å². The second-order valence-electron chi connectivity index (χ2n) is 5.15. The third kappa shape index (κ3) is 3.36. The average molecular weight is 299 g/mol. The lowest BCUT2D eigenvalue weighted by Crippen LogP contribution is -2.35. The van der Waals surface area contributed by atoms with Gasteiger partial charge in [-0.1, -0.05) is 15.9 Å². The lowest BCUT2D eigenvalue weighted by Gasteiger charge is -2.34. The fourth-order valence-corrected chi connectivity index (χ4v) is 2.65. The van der Waals surface area contributed by atoms with Crippen LogP contribution in [-0.4, -0.2) is 16.7 Å². The summed E-state index contributed by atoms with van der Waals surface area (Å²) in [7, 11) is 0. The van der Waals surface area contributed by atoms with Crippen LogP contribution in [0.3, 0.4) is 0 Å². The molecule has 4 heteroatoms. The van der Waals surface area contributed by atoms with E-state index in [2.05, 4.69) is 21.2 Å². The Morgan fingerprint density at radius 3 is 2.65 bits per heavy atom. The third-order valence-electron chi connectivity index (χ3n) is 3.44. The van der Waals surface area contributed by atoms with Gasteiger partial charge in [-0.2, -0.15) is 0 Å². The van der Waals surface area contributed by atoms with Crippen LogP contribution >= 0.6 is 15.9 Å². The van der Waals surface area contributed by atoms with E-state index in [1.807, 2.05) is 25.1 Å². The zero-order valence-corrected chi connectivity index (χ0v) is 11.6. The fraction of sp³-hybridized carbons (Fsp3) is 0.538. The summed E-state index contributed by atoms with van der Waals surface area (Å²) in [6, 6.07) is 6.30. The fourth-order valence-electron chi connectivity index (χ4n) is 2.27. The highest BCUT2D eigenvalue weighted by Crippen LogP contribution is 2.31. The standard InChI is InChI=1S/C13H19BrN2O/c1-13(17)6-4-10(5-7-13)16-12-3-2-9(14)8-11(12)15/h2-3,8,10,16-17H,4-7,15H2,1H3. The Morgan fingerprint density at radius 2 is 2.06 bits per heavy atom. The quantitative estimate of drug-likeness (QED) is 0.735. The zero-order valence-electron chi connectivity index (χ0n) is 10.0. The largest absolute Gasteiger partial charge is 0.397 e. The van der Waals surface area contributed by atoms with Crippen LogP contribution in [0.1, 0.15) is 32.6 Å². The second-order valence-corrected chi connectivity index (χ2v) is 6.06. The first-order valence-electron chi connectivity index (χ1n) is 6.00. The zero-order chi connectivity index (χ0) is 12.5. The Labute approximate surface area is 111 Å². The summed E-state index contributed by atoms with van der Waals surface area (Å²) in [5.74, 6) is 0. The van der Waals surface area contributed by atoms with Crippen LogP contribution in [0.4, 0.5) is 11.4 Å². The number of aliphatic hydroxyl groups is 1. The van der Waals surface area contributed by atoms with Gasteiger partial charge in [-0.3, -0.25) is 0 Å². The van der Waals surface area contributed by atoms with Gasteiger partial charge >= 0.3 is 0 Å². The van der Waals surface area contributed by atoms with Gasteiger partial charge in [0.15, 0.2) is 0 Å². The Morgan fingerprint density at radius 1 is 1.41 bits per heavy atom. The number of hydrogen-bond donors (Lipinski definition) is 3. The van der Waals surface area contributed by atoms with E-state index in [9.17, 15) is 5.11 Å². The molecular formula is C13H19BrN2O. The number of nitrogens with two attached hydrogens (primary N) is 1. The van der Waals surface area contributed by atoms with Crippen molar-refractivity contribution in [3.63, 3.8) is 0 Å². The molecule has 1 aliphatic rings. The minimum atomic E-state index is -0.483. The van der Waals surface area contributed by atoms with Crippen molar-refractivity contribution in [2.24, 2.45) is 0 Å². The molecule has 17 heavy (non-hydrogen) atoms. The smallest absolute Gasteiger partial charge is 0.0621 e. The summed E-state index contributed by atoms with van der Waals surface area (Å²) in [4.78, 5) is 0. The molecule has 1 fully saturated rings. The molecule has 3 nitrogen and oxygen atoms in total. The molecule has 0 saturated heterocycles. The summed E-state index contributed by atoms with van der Waals surface area (Å²) in [6.45, 7) is 1.91. The number of benzene rings is 1. The molecule has 0 bridgehead atoms. The van der Waals surface area contributed by atoms with Crippen LogP contribution in [-0.2, 0) is 0 Å². The Hall–Kier alpha value is -0.740. The van der Waals surface area contributed by atoms with E-state index in [-0.39, 0.29) is 0 Å². The highest BCUT2D eigenvalue weighted by molar-refractivity contribution is 9.10. The van der Waals surface area contributed by atoms with Gasteiger partial charge in [0.2, 0.25) is 0 Å². The lowest BCUT2D eigenvalue weighted by atomic mass is 9.83. The molecule has 0 heterocycles. The second kappa shape index (κ2) is 4.86. The number of hydrogen-bond acceptors (Lipinski definition) is 3. The van der Waals surface area contributed by atoms with Crippen molar-refractivity contribution in [2.75, 3.05) is 11.1 Å². The monoisotopic (exact) mass is 298 g/mol. The van der Waals surface area contributed by atoms with Crippen LogP contribution in [0.15, 0.2) is 22.7 Å². The molecule has 1 aromatic rings. The van der Waals surface area contributed by atoms with Gasteiger partial charge in [-0.15, -0.1) is 0 Å². The molecule has 0 spiro atoms. The molecular weight excluding hydrogens is 280 g/mol. The number of nitrogen functional groups attached to an aromatic ring is 1. The summed E-state index contributed by atoms with van der Waals surface area (Å²) in [5, 5.41) is 13.3. The Balaban J connectivity index is 1.98. The molecule has 0 atom stereocenters. The van der Waals surface area contributed by atoms with Crippen molar-refractivity contribution in [3.05, 3.63) is 22.7 Å². The number of anilines is 2. The first-order valence-corrected chi connectivity index (χ1v) is 6.79. The lowest BCUT2D eigenvalue weighted by molar-refractivity contribution is 0.0196. The number of nitrogens with one attached hydrogen (secondary N) is 1. The molecule has 2 rings (SSSR count). The van der Waals surface area contributed by atoms with Gasteiger partial charge < -0.3 is 16.2 Å². The summed E-state index contributed by atoms with van der Waals surface area (Å²) < 4.78 is 0.993. The predicted molar refractivity (Wildman–Crippen MR) is 75.1 cm³/mol. The third-order valence-corrected chi connectivity index (χ3v) is 3.93.